The third-order valence-corrected chi connectivity index (χ3v) is 5.58. The summed E-state index contributed by atoms with van der Waals surface area (Å²) in [5.41, 5.74) is 3.62. The molecule has 35 heavy (non-hydrogen) atoms. The minimum Gasteiger partial charge on any atom is -0.512 e. The van der Waals surface area contributed by atoms with Crippen LogP contribution in [0, 0.1) is 24.3 Å². The molecule has 0 fully saturated rings. The van der Waals surface area contributed by atoms with Gasteiger partial charge >= 0.3 is 0 Å². The molecule has 0 amide bonds. The second-order valence-electron chi connectivity index (χ2n) is 8.14. The quantitative estimate of drug-likeness (QED) is 0.0962. The van der Waals surface area contributed by atoms with Crippen LogP contribution in [0.2, 0.25) is 0 Å². The number of carbonyl (C=O) groups is 1. The number of fused-ring (bicyclic) bond motifs is 4. The fourth-order valence-corrected chi connectivity index (χ4v) is 4.14. The van der Waals surface area contributed by atoms with Gasteiger partial charge in [-0.15, -0.1) is 23.6 Å². The number of aliphatic hydroxyl groups is 1. The number of nitriles is 1. The first-order valence-electron chi connectivity index (χ1n) is 10.9. The van der Waals surface area contributed by atoms with Gasteiger partial charge in [-0.05, 0) is 59.5 Å². The first-order chi connectivity index (χ1) is 16.4. The molecule has 175 valence electrons. The number of carbonyl (C=O) groups excluding carboxylic acids is 1. The molecule has 0 spiro atoms. The standard InChI is InChI=1S/C25H15N2.C5H8O2.Ir/c1-16-5-4-8-22-20(16)9-10-24-23(22)11-12-27-25(24)18-13-17-6-2-3-7-21(17)19(14-18)15-26;1-4(6)3-5(2)7;/h2-12,14H,1H3;3,6H,1-2H3;/q-1;;/b;4-3-;. The first-order valence-corrected chi connectivity index (χ1v) is 10.9. The van der Waals surface area contributed by atoms with Gasteiger partial charge in [0.1, 0.15) is 0 Å². The Balaban J connectivity index is 0.000000378. The number of hydrogen-bond acceptors (Lipinski definition) is 4. The number of pyridine rings is 1. The molecule has 4 aromatic carbocycles. The monoisotopic (exact) mass is 636 g/mol. The average molecular weight is 636 g/mol. The van der Waals surface area contributed by atoms with Gasteiger partial charge in [0.2, 0.25) is 0 Å². The first kappa shape index (κ1) is 25.8. The Kier molecular flexibility index (Phi) is 8.14. The Morgan fingerprint density at radius 3 is 2.31 bits per heavy atom. The smallest absolute Gasteiger partial charge is 0.155 e. The van der Waals surface area contributed by atoms with Crippen molar-refractivity contribution in [3.05, 3.63) is 102 Å². The molecule has 0 saturated heterocycles. The summed E-state index contributed by atoms with van der Waals surface area (Å²) in [5, 5.41) is 24.5. The Morgan fingerprint density at radius 1 is 0.943 bits per heavy atom. The largest absolute Gasteiger partial charge is 0.512 e. The number of hydrogen-bond donors (Lipinski definition) is 1. The summed E-state index contributed by atoms with van der Waals surface area (Å²) in [6.07, 6.45) is 3.01. The predicted molar refractivity (Wildman–Crippen MR) is 138 cm³/mol. The van der Waals surface area contributed by atoms with E-state index in [-0.39, 0.29) is 31.6 Å². The SMILES string of the molecule is CC(=O)/C=C(/C)O.Cc1cccc2c1ccc1c(-c3[c-]c4ccccc4c(C#N)c3)nccc12.[Ir]. The fourth-order valence-electron chi connectivity index (χ4n) is 4.14. The molecule has 4 nitrogen and oxygen atoms in total. The number of ketones is 1. The molecule has 0 saturated carbocycles. The summed E-state index contributed by atoms with van der Waals surface area (Å²) in [6.45, 7) is 4.98. The van der Waals surface area contributed by atoms with Crippen LogP contribution in [0.4, 0.5) is 0 Å². The zero-order valence-corrected chi connectivity index (χ0v) is 22.0. The van der Waals surface area contributed by atoms with Crippen molar-refractivity contribution in [2.75, 3.05) is 0 Å². The summed E-state index contributed by atoms with van der Waals surface area (Å²) >= 11 is 0. The van der Waals surface area contributed by atoms with E-state index in [9.17, 15) is 10.1 Å². The molecule has 0 aliphatic carbocycles. The summed E-state index contributed by atoms with van der Waals surface area (Å²) < 4.78 is 0. The number of aliphatic hydroxyl groups excluding tert-OH is 1. The molecule has 0 aliphatic rings. The van der Waals surface area contributed by atoms with Crippen molar-refractivity contribution in [1.29, 1.82) is 5.26 Å². The van der Waals surface area contributed by atoms with E-state index in [0.29, 0.717) is 5.56 Å². The van der Waals surface area contributed by atoms with Gasteiger partial charge in [0.15, 0.2) is 5.78 Å². The van der Waals surface area contributed by atoms with E-state index in [2.05, 4.69) is 60.4 Å². The third-order valence-electron chi connectivity index (χ3n) is 5.58. The van der Waals surface area contributed by atoms with Crippen molar-refractivity contribution in [2.45, 2.75) is 20.8 Å². The second-order valence-corrected chi connectivity index (χ2v) is 8.14. The Hall–Kier alpha value is -3.84. The van der Waals surface area contributed by atoms with Crippen LogP contribution in [0.5, 0.6) is 0 Å². The van der Waals surface area contributed by atoms with Crippen LogP contribution in [0.3, 0.4) is 0 Å². The van der Waals surface area contributed by atoms with Gasteiger partial charge in [-0.25, -0.2) is 0 Å². The molecule has 0 bridgehead atoms. The maximum absolute atomic E-state index is 10.0. The van der Waals surface area contributed by atoms with Crippen LogP contribution < -0.4 is 0 Å². The van der Waals surface area contributed by atoms with E-state index in [1.807, 2.05) is 36.5 Å². The van der Waals surface area contributed by atoms with Gasteiger partial charge < -0.3 is 5.11 Å². The van der Waals surface area contributed by atoms with E-state index in [1.165, 1.54) is 41.6 Å². The number of rotatable bonds is 2. The minimum absolute atomic E-state index is 0. The second kappa shape index (κ2) is 11.1. The van der Waals surface area contributed by atoms with Crippen molar-refractivity contribution >= 4 is 38.1 Å². The molecule has 1 aromatic heterocycles. The minimum atomic E-state index is -0.125. The molecular formula is C30H23IrN2O2-. The van der Waals surface area contributed by atoms with Crippen LogP contribution in [-0.2, 0) is 24.9 Å². The van der Waals surface area contributed by atoms with Crippen LogP contribution in [0.25, 0.3) is 43.6 Å². The maximum atomic E-state index is 10.0. The van der Waals surface area contributed by atoms with Crippen LogP contribution in [0.1, 0.15) is 25.0 Å². The van der Waals surface area contributed by atoms with Crippen molar-refractivity contribution in [2.24, 2.45) is 0 Å². The molecule has 5 rings (SSSR count). The normalized spacial score (nSPS) is 10.9. The number of aromatic nitrogens is 1. The van der Waals surface area contributed by atoms with Crippen molar-refractivity contribution in [3.63, 3.8) is 0 Å². The van der Waals surface area contributed by atoms with E-state index < -0.39 is 0 Å². The van der Waals surface area contributed by atoms with Gasteiger partial charge in [-0.3, -0.25) is 9.78 Å². The molecule has 1 N–H and O–H groups in total. The molecule has 5 heteroatoms. The molecule has 1 heterocycles. The van der Waals surface area contributed by atoms with Crippen LogP contribution >= 0.6 is 0 Å². The zero-order valence-electron chi connectivity index (χ0n) is 19.6. The summed E-state index contributed by atoms with van der Waals surface area (Å²) in [6, 6.07) is 28.3. The molecule has 0 unspecified atom stereocenters. The number of allylic oxidation sites excluding steroid dienone is 2. The Morgan fingerprint density at radius 2 is 1.63 bits per heavy atom. The molecule has 0 aliphatic heterocycles. The number of benzene rings is 4. The summed E-state index contributed by atoms with van der Waals surface area (Å²) in [4.78, 5) is 14.7. The van der Waals surface area contributed by atoms with Gasteiger partial charge in [0.25, 0.3) is 0 Å². The van der Waals surface area contributed by atoms with Crippen LogP contribution in [0.15, 0.2) is 84.8 Å². The number of aryl methyl sites for hydroxylation is 1. The fraction of sp³-hybridized carbons (Fsp3) is 0.100. The van der Waals surface area contributed by atoms with E-state index in [0.717, 1.165) is 27.4 Å². The van der Waals surface area contributed by atoms with E-state index in [1.54, 1.807) is 0 Å². The van der Waals surface area contributed by atoms with Gasteiger partial charge in [0, 0.05) is 38.1 Å². The molecular weight excluding hydrogens is 613 g/mol. The Labute approximate surface area is 217 Å². The summed E-state index contributed by atoms with van der Waals surface area (Å²) in [5.74, 6) is -0.0625. The third kappa shape index (κ3) is 5.46. The van der Waals surface area contributed by atoms with Gasteiger partial charge in [-0.2, -0.15) is 5.26 Å². The van der Waals surface area contributed by atoms with E-state index >= 15 is 0 Å². The van der Waals surface area contributed by atoms with E-state index in [4.69, 9.17) is 5.11 Å². The molecule has 1 radical (unpaired) electrons. The topological polar surface area (TPSA) is 74.0 Å². The van der Waals surface area contributed by atoms with Gasteiger partial charge in [-0.1, -0.05) is 59.5 Å². The molecule has 0 atom stereocenters. The van der Waals surface area contributed by atoms with Gasteiger partial charge in [0.05, 0.1) is 11.8 Å². The zero-order chi connectivity index (χ0) is 24.2. The Bertz CT molecular complexity index is 1630. The average Bonchev–Trinajstić information content (AvgIpc) is 2.82. The predicted octanol–water partition coefficient (Wildman–Crippen LogP) is 7.22. The molecule has 5 aromatic rings. The summed E-state index contributed by atoms with van der Waals surface area (Å²) in [7, 11) is 0. The maximum Gasteiger partial charge on any atom is 0.155 e. The van der Waals surface area contributed by atoms with Crippen LogP contribution in [-0.4, -0.2) is 15.9 Å². The number of nitrogens with zero attached hydrogens (tertiary/aromatic N) is 2. The van der Waals surface area contributed by atoms with Crippen molar-refractivity contribution in [1.82, 2.24) is 4.98 Å². The van der Waals surface area contributed by atoms with Crippen molar-refractivity contribution in [3.8, 4) is 17.3 Å². The van der Waals surface area contributed by atoms with Crippen molar-refractivity contribution < 1.29 is 30.0 Å².